The van der Waals surface area contributed by atoms with E-state index in [0.717, 1.165) is 38.8 Å². The molecule has 1 saturated carbocycles. The monoisotopic (exact) mass is 285 g/mol. The van der Waals surface area contributed by atoms with Crippen LogP contribution in [-0.2, 0) is 19.0 Å². The topological polar surface area (TPSA) is 48.0 Å². The van der Waals surface area contributed by atoms with Crippen LogP contribution in [0.25, 0.3) is 0 Å². The van der Waals surface area contributed by atoms with Crippen molar-refractivity contribution in [3.63, 3.8) is 0 Å². The summed E-state index contributed by atoms with van der Waals surface area (Å²) in [7, 11) is 1.70. The van der Waals surface area contributed by atoms with Crippen molar-refractivity contribution in [2.75, 3.05) is 26.8 Å². The Bertz CT molecular complexity index is 296. The van der Waals surface area contributed by atoms with Gasteiger partial charge >= 0.3 is 5.97 Å². The van der Waals surface area contributed by atoms with Gasteiger partial charge in [-0.05, 0) is 45.4 Å². The first-order valence-corrected chi connectivity index (χ1v) is 7.83. The van der Waals surface area contributed by atoms with Gasteiger partial charge in [-0.2, -0.15) is 0 Å². The van der Waals surface area contributed by atoms with Gasteiger partial charge in [0.15, 0.2) is 0 Å². The maximum absolute atomic E-state index is 11.7. The molecular formula is C15H27NO4. The lowest BCUT2D eigenvalue weighted by molar-refractivity contribution is -0.233. The van der Waals surface area contributed by atoms with Gasteiger partial charge < -0.3 is 14.2 Å². The smallest absolute Gasteiger partial charge is 0.308 e. The van der Waals surface area contributed by atoms with Crippen LogP contribution < -0.4 is 0 Å². The van der Waals surface area contributed by atoms with Crippen molar-refractivity contribution in [3.05, 3.63) is 0 Å². The molecule has 1 unspecified atom stereocenters. The van der Waals surface area contributed by atoms with Gasteiger partial charge in [-0.1, -0.05) is 0 Å². The molecule has 0 amide bonds. The summed E-state index contributed by atoms with van der Waals surface area (Å²) in [6.45, 7) is 4.43. The van der Waals surface area contributed by atoms with Gasteiger partial charge in [-0.3, -0.25) is 9.69 Å². The highest BCUT2D eigenvalue weighted by Crippen LogP contribution is 2.29. The minimum absolute atomic E-state index is 0.0474. The zero-order valence-electron chi connectivity index (χ0n) is 12.7. The molecule has 1 atom stereocenters. The molecule has 2 fully saturated rings. The molecule has 2 aliphatic rings. The Kier molecular flexibility index (Phi) is 6.26. The summed E-state index contributed by atoms with van der Waals surface area (Å²) in [4.78, 5) is 13.9. The third kappa shape index (κ3) is 4.17. The standard InChI is InChI=1S/C15H27NO4/c1-3-19-14(17)12-6-8-13(9-7-12)20-15(18-2)16-10-4-5-11-16/h12-13,15H,3-11H2,1-2H3/t12-,13-,15?. The number of nitrogens with zero attached hydrogens (tertiary/aromatic N) is 1. The second-order valence-electron chi connectivity index (χ2n) is 5.65. The van der Waals surface area contributed by atoms with Crippen LogP contribution in [0.3, 0.4) is 0 Å². The summed E-state index contributed by atoms with van der Waals surface area (Å²) in [5.74, 6) is 0.0105. The van der Waals surface area contributed by atoms with E-state index in [2.05, 4.69) is 4.90 Å². The van der Waals surface area contributed by atoms with E-state index in [1.807, 2.05) is 6.92 Å². The molecule has 5 nitrogen and oxygen atoms in total. The van der Waals surface area contributed by atoms with Crippen molar-refractivity contribution in [2.45, 2.75) is 58.0 Å². The molecular weight excluding hydrogens is 258 g/mol. The van der Waals surface area contributed by atoms with Crippen LogP contribution in [0.1, 0.15) is 45.4 Å². The molecule has 1 saturated heterocycles. The number of likely N-dealkylation sites (tertiary alicyclic amines) is 1. The summed E-state index contributed by atoms with van der Waals surface area (Å²) < 4.78 is 16.6. The van der Waals surface area contributed by atoms with Crippen molar-refractivity contribution >= 4 is 5.97 Å². The molecule has 0 aromatic rings. The van der Waals surface area contributed by atoms with Crippen LogP contribution in [-0.4, -0.2) is 50.2 Å². The van der Waals surface area contributed by atoms with Crippen LogP contribution in [0.2, 0.25) is 0 Å². The highest BCUT2D eigenvalue weighted by molar-refractivity contribution is 5.72. The van der Waals surface area contributed by atoms with Gasteiger partial charge in [-0.25, -0.2) is 0 Å². The Labute approximate surface area is 121 Å². The number of rotatable bonds is 6. The predicted octanol–water partition coefficient (Wildman–Crippen LogP) is 2.15. The van der Waals surface area contributed by atoms with Gasteiger partial charge in [0.2, 0.25) is 6.41 Å². The Balaban J connectivity index is 1.74. The Morgan fingerprint density at radius 3 is 2.40 bits per heavy atom. The van der Waals surface area contributed by atoms with E-state index in [1.54, 1.807) is 7.11 Å². The number of carbonyl (C=O) groups excluding carboxylic acids is 1. The number of carbonyl (C=O) groups is 1. The number of hydrogen-bond acceptors (Lipinski definition) is 5. The molecule has 0 aromatic heterocycles. The first-order chi connectivity index (χ1) is 9.74. The van der Waals surface area contributed by atoms with Gasteiger partial charge in [0.05, 0.1) is 18.6 Å². The van der Waals surface area contributed by atoms with Crippen molar-refractivity contribution in [3.8, 4) is 0 Å². The Morgan fingerprint density at radius 1 is 1.20 bits per heavy atom. The van der Waals surface area contributed by atoms with Crippen LogP contribution >= 0.6 is 0 Å². The van der Waals surface area contributed by atoms with E-state index >= 15 is 0 Å². The highest BCUT2D eigenvalue weighted by Gasteiger charge is 2.31. The molecule has 0 bridgehead atoms. The average Bonchev–Trinajstić information content (AvgIpc) is 2.99. The lowest BCUT2D eigenvalue weighted by Crippen LogP contribution is -2.40. The lowest BCUT2D eigenvalue weighted by atomic mass is 9.87. The van der Waals surface area contributed by atoms with Gasteiger partial charge in [0, 0.05) is 20.2 Å². The number of esters is 1. The summed E-state index contributed by atoms with van der Waals surface area (Å²) >= 11 is 0. The maximum Gasteiger partial charge on any atom is 0.308 e. The number of ether oxygens (including phenoxy) is 3. The molecule has 1 heterocycles. The normalized spacial score (nSPS) is 29.3. The Morgan fingerprint density at radius 2 is 1.85 bits per heavy atom. The maximum atomic E-state index is 11.7. The lowest BCUT2D eigenvalue weighted by Gasteiger charge is -2.33. The third-order valence-electron chi connectivity index (χ3n) is 4.24. The largest absolute Gasteiger partial charge is 0.466 e. The van der Waals surface area contributed by atoms with Gasteiger partial charge in [0.25, 0.3) is 0 Å². The fraction of sp³-hybridized carbons (Fsp3) is 0.933. The summed E-state index contributed by atoms with van der Waals surface area (Å²) in [6, 6.07) is 0. The fourth-order valence-corrected chi connectivity index (χ4v) is 3.10. The second-order valence-corrected chi connectivity index (χ2v) is 5.65. The SMILES string of the molecule is CCOC(=O)[C@H]1CC[C@H](OC(OC)N2CCCC2)CC1. The van der Waals surface area contributed by atoms with Crippen molar-refractivity contribution in [1.29, 1.82) is 0 Å². The van der Waals surface area contributed by atoms with E-state index in [9.17, 15) is 4.79 Å². The zero-order valence-corrected chi connectivity index (χ0v) is 12.7. The number of hydrogen-bond donors (Lipinski definition) is 0. The zero-order chi connectivity index (χ0) is 14.4. The van der Waals surface area contributed by atoms with Gasteiger partial charge in [0.1, 0.15) is 0 Å². The van der Waals surface area contributed by atoms with E-state index in [1.165, 1.54) is 12.8 Å². The molecule has 5 heteroatoms. The summed E-state index contributed by atoms with van der Waals surface area (Å²) in [5, 5.41) is 0. The molecule has 0 N–H and O–H groups in total. The quantitative estimate of drug-likeness (QED) is 0.553. The number of methoxy groups -OCH3 is 1. The highest BCUT2D eigenvalue weighted by atomic mass is 16.7. The second kappa shape index (κ2) is 7.96. The first-order valence-electron chi connectivity index (χ1n) is 7.83. The average molecular weight is 285 g/mol. The van der Waals surface area contributed by atoms with E-state index in [0.29, 0.717) is 6.61 Å². The van der Waals surface area contributed by atoms with E-state index in [4.69, 9.17) is 14.2 Å². The minimum atomic E-state index is -0.221. The summed E-state index contributed by atoms with van der Waals surface area (Å²) in [5.41, 5.74) is 0. The van der Waals surface area contributed by atoms with Crippen LogP contribution in [0.5, 0.6) is 0 Å². The van der Waals surface area contributed by atoms with Crippen molar-refractivity contribution in [1.82, 2.24) is 4.90 Å². The third-order valence-corrected chi connectivity index (χ3v) is 4.24. The van der Waals surface area contributed by atoms with Crippen LogP contribution in [0.4, 0.5) is 0 Å². The van der Waals surface area contributed by atoms with E-state index in [-0.39, 0.29) is 24.4 Å². The van der Waals surface area contributed by atoms with Crippen LogP contribution in [0, 0.1) is 5.92 Å². The van der Waals surface area contributed by atoms with Crippen LogP contribution in [0.15, 0.2) is 0 Å². The molecule has 116 valence electrons. The van der Waals surface area contributed by atoms with Crippen molar-refractivity contribution in [2.24, 2.45) is 5.92 Å². The molecule has 20 heavy (non-hydrogen) atoms. The molecule has 0 radical (unpaired) electrons. The first kappa shape index (κ1) is 15.7. The molecule has 0 spiro atoms. The van der Waals surface area contributed by atoms with E-state index < -0.39 is 0 Å². The Hall–Kier alpha value is -0.650. The van der Waals surface area contributed by atoms with Gasteiger partial charge in [-0.15, -0.1) is 0 Å². The molecule has 2 rings (SSSR count). The minimum Gasteiger partial charge on any atom is -0.466 e. The predicted molar refractivity (Wildman–Crippen MR) is 75.1 cm³/mol. The molecule has 1 aliphatic carbocycles. The molecule has 1 aliphatic heterocycles. The fourth-order valence-electron chi connectivity index (χ4n) is 3.10. The molecule has 0 aromatic carbocycles. The summed E-state index contributed by atoms with van der Waals surface area (Å²) in [6.07, 6.45) is 5.97. The van der Waals surface area contributed by atoms with Crippen molar-refractivity contribution < 1.29 is 19.0 Å².